The maximum Gasteiger partial charge on any atom is 0.110 e. The van der Waals surface area contributed by atoms with Crippen LogP contribution >= 0.6 is 22.9 Å². The van der Waals surface area contributed by atoms with E-state index in [1.807, 2.05) is 54.9 Å². The zero-order valence-electron chi connectivity index (χ0n) is 19.0. The zero-order chi connectivity index (χ0) is 24.4. The number of pyridine rings is 1. The first-order chi connectivity index (χ1) is 17.0. The summed E-state index contributed by atoms with van der Waals surface area (Å²) in [4.78, 5) is 9.88. The maximum absolute atomic E-state index is 9.82. The highest BCUT2D eigenvalue weighted by molar-refractivity contribution is 7.09. The SMILES string of the molecule is Cc1ncsc1[C@H](Nc1cc(Cl)c2ncc(C#N)c(N[C@H](C)c3ccccc3)c2c1)c1cn[nH]n1. The Labute approximate surface area is 211 Å². The molecule has 5 rings (SSSR count). The average molecular weight is 501 g/mol. The summed E-state index contributed by atoms with van der Waals surface area (Å²) >= 11 is 8.23. The predicted octanol–water partition coefficient (Wildman–Crippen LogP) is 6.02. The number of nitriles is 1. The second-order valence-electron chi connectivity index (χ2n) is 8.06. The van der Waals surface area contributed by atoms with Gasteiger partial charge in [-0.1, -0.05) is 41.9 Å². The monoisotopic (exact) mass is 500 g/mol. The number of aryl methyl sites for hydroxylation is 1. The number of halogens is 1. The van der Waals surface area contributed by atoms with Gasteiger partial charge < -0.3 is 10.6 Å². The predicted molar refractivity (Wildman–Crippen MR) is 139 cm³/mol. The van der Waals surface area contributed by atoms with Gasteiger partial charge in [0, 0.05) is 23.3 Å². The molecular formula is C25H21ClN8S. The molecule has 2 atom stereocenters. The molecule has 0 aliphatic carbocycles. The van der Waals surface area contributed by atoms with E-state index >= 15 is 0 Å². The third kappa shape index (κ3) is 4.54. The number of nitrogens with zero attached hydrogens (tertiary/aromatic N) is 5. The van der Waals surface area contributed by atoms with Gasteiger partial charge in [-0.15, -0.1) is 11.3 Å². The highest BCUT2D eigenvalue weighted by Gasteiger charge is 2.22. The number of hydrogen-bond donors (Lipinski definition) is 3. The average Bonchev–Trinajstić information content (AvgIpc) is 3.56. The van der Waals surface area contributed by atoms with Crippen LogP contribution < -0.4 is 10.6 Å². The van der Waals surface area contributed by atoms with Crippen molar-refractivity contribution < 1.29 is 0 Å². The summed E-state index contributed by atoms with van der Waals surface area (Å²) in [5, 5.41) is 29.0. The minimum atomic E-state index is -0.276. The van der Waals surface area contributed by atoms with Gasteiger partial charge in [0.2, 0.25) is 0 Å². The summed E-state index contributed by atoms with van der Waals surface area (Å²) in [6.07, 6.45) is 3.24. The van der Waals surface area contributed by atoms with Crippen LogP contribution in [0.25, 0.3) is 10.9 Å². The van der Waals surface area contributed by atoms with E-state index in [2.05, 4.69) is 49.0 Å². The Hall–Kier alpha value is -4.00. The molecule has 0 saturated heterocycles. The first kappa shape index (κ1) is 22.8. The number of H-pyrrole nitrogens is 1. The fraction of sp³-hybridized carbons (Fsp3) is 0.160. The number of aromatic amines is 1. The van der Waals surface area contributed by atoms with E-state index in [1.165, 1.54) is 0 Å². The quantitative estimate of drug-likeness (QED) is 0.250. The lowest BCUT2D eigenvalue weighted by Gasteiger charge is -2.21. The third-order valence-corrected chi connectivity index (χ3v) is 7.07. The van der Waals surface area contributed by atoms with E-state index in [0.717, 1.165) is 32.9 Å². The second kappa shape index (κ2) is 9.70. The molecule has 174 valence electrons. The van der Waals surface area contributed by atoms with Crippen LogP contribution in [0, 0.1) is 18.3 Å². The Morgan fingerprint density at radius 3 is 2.63 bits per heavy atom. The van der Waals surface area contributed by atoms with Gasteiger partial charge in [-0.3, -0.25) is 4.98 Å². The molecule has 10 heteroatoms. The molecule has 0 fully saturated rings. The van der Waals surface area contributed by atoms with Gasteiger partial charge in [0.05, 0.1) is 44.1 Å². The Balaban J connectivity index is 1.59. The number of fused-ring (bicyclic) bond motifs is 1. The normalized spacial score (nSPS) is 12.7. The molecular weight excluding hydrogens is 480 g/mol. The maximum atomic E-state index is 9.82. The molecule has 0 bridgehead atoms. The minimum absolute atomic E-state index is 0.0352. The van der Waals surface area contributed by atoms with Crippen LogP contribution in [-0.2, 0) is 0 Å². The fourth-order valence-corrected chi connectivity index (χ4v) is 5.13. The molecule has 3 heterocycles. The number of aromatic nitrogens is 5. The van der Waals surface area contributed by atoms with Gasteiger partial charge >= 0.3 is 0 Å². The lowest BCUT2D eigenvalue weighted by atomic mass is 10.0. The van der Waals surface area contributed by atoms with Crippen LogP contribution in [-0.4, -0.2) is 25.4 Å². The Kier molecular flexibility index (Phi) is 6.31. The van der Waals surface area contributed by atoms with E-state index in [1.54, 1.807) is 23.7 Å². The van der Waals surface area contributed by atoms with Gasteiger partial charge in [-0.2, -0.15) is 20.7 Å². The third-order valence-electron chi connectivity index (χ3n) is 5.79. The van der Waals surface area contributed by atoms with Crippen LogP contribution in [0.2, 0.25) is 5.02 Å². The van der Waals surface area contributed by atoms with E-state index < -0.39 is 0 Å². The summed E-state index contributed by atoms with van der Waals surface area (Å²) in [5.74, 6) is 0. The molecule has 35 heavy (non-hydrogen) atoms. The number of anilines is 2. The van der Waals surface area contributed by atoms with Crippen LogP contribution in [0.3, 0.4) is 0 Å². The van der Waals surface area contributed by atoms with Crippen LogP contribution in [0.15, 0.2) is 60.4 Å². The van der Waals surface area contributed by atoms with E-state index in [0.29, 0.717) is 21.8 Å². The van der Waals surface area contributed by atoms with Gasteiger partial charge in [0.15, 0.2) is 0 Å². The van der Waals surface area contributed by atoms with Crippen molar-refractivity contribution in [2.45, 2.75) is 25.9 Å². The molecule has 0 amide bonds. The van der Waals surface area contributed by atoms with Crippen molar-refractivity contribution in [1.29, 1.82) is 5.26 Å². The topological polar surface area (TPSA) is 115 Å². The zero-order valence-corrected chi connectivity index (χ0v) is 20.5. The molecule has 8 nitrogen and oxygen atoms in total. The highest BCUT2D eigenvalue weighted by atomic mass is 35.5. The Morgan fingerprint density at radius 1 is 1.11 bits per heavy atom. The summed E-state index contributed by atoms with van der Waals surface area (Å²) in [5.41, 5.74) is 7.06. The first-order valence-electron chi connectivity index (χ1n) is 10.9. The number of rotatable bonds is 7. The highest BCUT2D eigenvalue weighted by Crippen LogP contribution is 2.37. The van der Waals surface area contributed by atoms with Crippen molar-refractivity contribution in [3.05, 3.63) is 92.8 Å². The van der Waals surface area contributed by atoms with Crippen molar-refractivity contribution in [2.24, 2.45) is 0 Å². The van der Waals surface area contributed by atoms with Crippen molar-refractivity contribution in [3.63, 3.8) is 0 Å². The van der Waals surface area contributed by atoms with Crippen molar-refractivity contribution in [3.8, 4) is 6.07 Å². The summed E-state index contributed by atoms with van der Waals surface area (Å²) < 4.78 is 0. The van der Waals surface area contributed by atoms with E-state index in [9.17, 15) is 5.26 Å². The number of hydrogen-bond acceptors (Lipinski definition) is 8. The van der Waals surface area contributed by atoms with Crippen LogP contribution in [0.4, 0.5) is 11.4 Å². The standard InChI is InChI=1S/C25H21ClN8S/c1-14(16-6-4-3-5-7-16)31-22-17(10-27)11-28-23-19(22)8-18(9-20(23)26)32-24(21-12-30-34-33-21)25-15(2)29-13-35-25/h3-9,11-14,24,32H,1-2H3,(H,28,31)(H,30,33,34)/t14-,24-/m1/s1. The van der Waals surface area contributed by atoms with Crippen molar-refractivity contribution in [1.82, 2.24) is 25.4 Å². The van der Waals surface area contributed by atoms with E-state index in [-0.39, 0.29) is 12.1 Å². The molecule has 0 saturated carbocycles. The second-order valence-corrected chi connectivity index (χ2v) is 9.36. The van der Waals surface area contributed by atoms with Crippen molar-refractivity contribution >= 4 is 45.2 Å². The van der Waals surface area contributed by atoms with E-state index in [4.69, 9.17) is 11.6 Å². The molecule has 0 spiro atoms. The number of thiazole rings is 1. The van der Waals surface area contributed by atoms with Gasteiger partial charge in [-0.25, -0.2) is 4.98 Å². The van der Waals surface area contributed by atoms with Gasteiger partial charge in [-0.05, 0) is 31.5 Å². The summed E-state index contributed by atoms with van der Waals surface area (Å²) in [6, 6.07) is 15.8. The minimum Gasteiger partial charge on any atom is -0.377 e. The smallest absolute Gasteiger partial charge is 0.110 e. The van der Waals surface area contributed by atoms with Gasteiger partial charge in [0.25, 0.3) is 0 Å². The number of nitrogens with one attached hydrogen (secondary N) is 3. The summed E-state index contributed by atoms with van der Waals surface area (Å²) in [6.45, 7) is 4.02. The Bertz CT molecular complexity index is 1510. The van der Waals surface area contributed by atoms with Gasteiger partial charge in [0.1, 0.15) is 17.8 Å². The summed E-state index contributed by atoms with van der Waals surface area (Å²) in [7, 11) is 0. The van der Waals surface area contributed by atoms with Crippen LogP contribution in [0.5, 0.6) is 0 Å². The number of benzene rings is 2. The first-order valence-corrected chi connectivity index (χ1v) is 12.2. The molecule has 0 unspecified atom stereocenters. The lowest BCUT2D eigenvalue weighted by Crippen LogP contribution is -2.13. The molecule has 3 aromatic heterocycles. The largest absolute Gasteiger partial charge is 0.377 e. The molecule has 0 radical (unpaired) electrons. The molecule has 3 N–H and O–H groups in total. The Morgan fingerprint density at radius 2 is 1.94 bits per heavy atom. The fourth-order valence-electron chi connectivity index (χ4n) is 4.00. The molecule has 0 aliphatic heterocycles. The molecule has 0 aliphatic rings. The molecule has 5 aromatic rings. The lowest BCUT2D eigenvalue weighted by molar-refractivity contribution is 0.855. The van der Waals surface area contributed by atoms with Crippen molar-refractivity contribution in [2.75, 3.05) is 10.6 Å². The molecule has 2 aromatic carbocycles. The van der Waals surface area contributed by atoms with Crippen LogP contribution in [0.1, 0.15) is 46.4 Å².